The van der Waals surface area contributed by atoms with E-state index in [4.69, 9.17) is 9.47 Å². The van der Waals surface area contributed by atoms with E-state index in [1.807, 2.05) is 0 Å². The topological polar surface area (TPSA) is 18.5 Å². The lowest BCUT2D eigenvalue weighted by Crippen LogP contribution is -2.30. The average Bonchev–Trinajstić information content (AvgIpc) is 3.41. The van der Waals surface area contributed by atoms with E-state index in [0.717, 1.165) is 25.2 Å². The van der Waals surface area contributed by atoms with Gasteiger partial charge in [-0.05, 0) is 90.8 Å². The van der Waals surface area contributed by atoms with Crippen LogP contribution >= 0.6 is 0 Å². The lowest BCUT2D eigenvalue weighted by Gasteiger charge is -2.24. The second kappa shape index (κ2) is 8.23. The Labute approximate surface area is 179 Å². The Balaban J connectivity index is 1.58. The minimum absolute atomic E-state index is 0.0419. The van der Waals surface area contributed by atoms with Crippen molar-refractivity contribution in [2.45, 2.75) is 76.9 Å². The van der Waals surface area contributed by atoms with Gasteiger partial charge in [-0.2, -0.15) is 0 Å². The highest BCUT2D eigenvalue weighted by atomic mass is 16.5. The highest BCUT2D eigenvalue weighted by Gasteiger charge is 2.45. The quantitative estimate of drug-likeness (QED) is 0.506. The van der Waals surface area contributed by atoms with Crippen LogP contribution in [0.15, 0.2) is 36.4 Å². The summed E-state index contributed by atoms with van der Waals surface area (Å²) < 4.78 is 12.8. The fourth-order valence-electron chi connectivity index (χ4n) is 5.80. The molecule has 30 heavy (non-hydrogen) atoms. The van der Waals surface area contributed by atoms with Crippen LogP contribution in [0, 0.1) is 16.4 Å². The van der Waals surface area contributed by atoms with Crippen LogP contribution in [0.2, 0.25) is 0 Å². The predicted molar refractivity (Wildman–Crippen MR) is 123 cm³/mol. The molecule has 158 valence electrons. The van der Waals surface area contributed by atoms with Crippen molar-refractivity contribution in [1.29, 1.82) is 0 Å². The minimum atomic E-state index is -0.0419. The van der Waals surface area contributed by atoms with Crippen molar-refractivity contribution in [3.05, 3.63) is 62.8 Å². The summed E-state index contributed by atoms with van der Waals surface area (Å²) in [6.45, 7) is 5.36. The Morgan fingerprint density at radius 3 is 2.97 bits per heavy atom. The third-order valence-electron chi connectivity index (χ3n) is 7.35. The van der Waals surface area contributed by atoms with Gasteiger partial charge in [0.05, 0.1) is 11.7 Å². The van der Waals surface area contributed by atoms with Crippen molar-refractivity contribution in [3.8, 4) is 5.75 Å². The first-order valence-corrected chi connectivity index (χ1v) is 12.0. The van der Waals surface area contributed by atoms with Gasteiger partial charge in [-0.25, -0.2) is 0 Å². The fraction of sp³-hybridized carbons (Fsp3) is 0.500. The number of unbranched alkanes of at least 4 members (excludes halogenated alkanes) is 2. The molecule has 3 aliphatic rings. The van der Waals surface area contributed by atoms with E-state index < -0.39 is 0 Å². The smallest absolute Gasteiger partial charge is 0.127 e. The van der Waals surface area contributed by atoms with Gasteiger partial charge in [0.25, 0.3) is 0 Å². The first-order chi connectivity index (χ1) is 14.7. The number of hydrogen-bond acceptors (Lipinski definition) is 2. The molecule has 0 bridgehead atoms. The molecule has 2 aliphatic carbocycles. The van der Waals surface area contributed by atoms with Gasteiger partial charge >= 0.3 is 0 Å². The second-order valence-electron chi connectivity index (χ2n) is 9.42. The minimum Gasteiger partial charge on any atom is -0.490 e. The first-order valence-electron chi connectivity index (χ1n) is 12.0. The Bertz CT molecular complexity index is 1120. The third-order valence-corrected chi connectivity index (χ3v) is 7.35. The van der Waals surface area contributed by atoms with Gasteiger partial charge in [0.15, 0.2) is 0 Å². The number of fused-ring (bicyclic) bond motifs is 3. The lowest BCUT2D eigenvalue weighted by molar-refractivity contribution is 0.0478. The molecule has 2 fully saturated rings. The van der Waals surface area contributed by atoms with Crippen LogP contribution in [-0.4, -0.2) is 18.3 Å². The van der Waals surface area contributed by atoms with Crippen LogP contribution in [-0.2, 0) is 4.74 Å². The summed E-state index contributed by atoms with van der Waals surface area (Å²) in [5.74, 6) is 1.71. The van der Waals surface area contributed by atoms with Crippen LogP contribution in [0.3, 0.4) is 0 Å². The summed E-state index contributed by atoms with van der Waals surface area (Å²) >= 11 is 0. The SMILES string of the molecule is CCCCC[C@H](C)Oc1cccc2c1=Cc1cccc(=CC34CCCC3CCO4)c1=2. The molecule has 0 aromatic heterocycles. The molecule has 2 heteroatoms. The number of ether oxygens (including phenoxy) is 2. The molecule has 1 heterocycles. The van der Waals surface area contributed by atoms with Crippen molar-refractivity contribution in [2.75, 3.05) is 6.61 Å². The zero-order valence-corrected chi connectivity index (χ0v) is 18.5. The van der Waals surface area contributed by atoms with Crippen LogP contribution in [0.25, 0.3) is 12.2 Å². The Hall–Kier alpha value is -2.06. The lowest BCUT2D eigenvalue weighted by atomic mass is 9.89. The van der Waals surface area contributed by atoms with Gasteiger partial charge in [0.2, 0.25) is 0 Å². The molecular formula is C28H34O2. The van der Waals surface area contributed by atoms with E-state index in [9.17, 15) is 0 Å². The van der Waals surface area contributed by atoms with Crippen LogP contribution in [0.1, 0.15) is 70.8 Å². The Kier molecular flexibility index (Phi) is 5.45. The van der Waals surface area contributed by atoms with Crippen LogP contribution in [0.4, 0.5) is 0 Å². The number of hydrogen-bond donors (Lipinski definition) is 0. The summed E-state index contributed by atoms with van der Waals surface area (Å²) in [6.07, 6.45) is 14.9. The van der Waals surface area contributed by atoms with E-state index in [0.29, 0.717) is 5.92 Å². The van der Waals surface area contributed by atoms with E-state index in [1.54, 1.807) is 0 Å². The highest BCUT2D eigenvalue weighted by molar-refractivity contribution is 5.59. The monoisotopic (exact) mass is 402 g/mol. The van der Waals surface area contributed by atoms with Crippen molar-refractivity contribution >= 4 is 12.2 Å². The Morgan fingerprint density at radius 1 is 1.17 bits per heavy atom. The van der Waals surface area contributed by atoms with Crippen molar-refractivity contribution < 1.29 is 9.47 Å². The summed E-state index contributed by atoms with van der Waals surface area (Å²) in [5.41, 5.74) is 1.26. The molecule has 0 spiro atoms. The summed E-state index contributed by atoms with van der Waals surface area (Å²) in [7, 11) is 0. The molecule has 2 nitrogen and oxygen atoms in total. The first kappa shape index (κ1) is 19.9. The van der Waals surface area contributed by atoms with Gasteiger partial charge in [-0.15, -0.1) is 0 Å². The van der Waals surface area contributed by atoms with E-state index in [-0.39, 0.29) is 11.7 Å². The van der Waals surface area contributed by atoms with Gasteiger partial charge in [0, 0.05) is 11.8 Å². The van der Waals surface area contributed by atoms with E-state index in [1.165, 1.54) is 65.0 Å². The van der Waals surface area contributed by atoms with Crippen LogP contribution < -0.4 is 15.2 Å². The zero-order valence-electron chi connectivity index (χ0n) is 18.5. The zero-order chi connectivity index (χ0) is 20.6. The molecule has 0 N–H and O–H groups in total. The van der Waals surface area contributed by atoms with Gasteiger partial charge < -0.3 is 9.47 Å². The van der Waals surface area contributed by atoms with E-state index in [2.05, 4.69) is 62.4 Å². The predicted octanol–water partition coefficient (Wildman–Crippen LogP) is 5.20. The van der Waals surface area contributed by atoms with Gasteiger partial charge in [-0.1, -0.05) is 50.1 Å². The molecule has 3 atom stereocenters. The molecule has 0 radical (unpaired) electrons. The molecule has 1 saturated heterocycles. The van der Waals surface area contributed by atoms with Crippen molar-refractivity contribution in [1.82, 2.24) is 0 Å². The maximum Gasteiger partial charge on any atom is 0.127 e. The molecule has 5 rings (SSSR count). The molecule has 0 amide bonds. The molecule has 2 unspecified atom stereocenters. The molecular weight excluding hydrogens is 368 g/mol. The van der Waals surface area contributed by atoms with Crippen molar-refractivity contribution in [3.63, 3.8) is 0 Å². The highest BCUT2D eigenvalue weighted by Crippen LogP contribution is 2.46. The maximum atomic E-state index is 6.41. The second-order valence-corrected chi connectivity index (χ2v) is 9.42. The standard InChI is InChI=1S/C28H34O2/c1-3-4-5-9-20(2)30-26-14-7-13-24-25(26)18-21-10-6-11-22(27(21)24)19-28-16-8-12-23(28)15-17-29-28/h6-7,10-11,13-14,18-20,23H,3-5,8-9,12,15-17H2,1-2H3/t20-,23?,28?/m0/s1. The Morgan fingerprint density at radius 2 is 2.07 bits per heavy atom. The van der Waals surface area contributed by atoms with Gasteiger partial charge in [-0.3, -0.25) is 0 Å². The molecule has 2 aromatic carbocycles. The molecule has 1 aliphatic heterocycles. The largest absolute Gasteiger partial charge is 0.490 e. The maximum absolute atomic E-state index is 6.41. The third kappa shape index (κ3) is 3.50. The number of rotatable bonds is 7. The van der Waals surface area contributed by atoms with E-state index >= 15 is 0 Å². The molecule has 2 aromatic rings. The fourth-order valence-corrected chi connectivity index (χ4v) is 5.80. The normalized spacial score (nSPS) is 25.5. The van der Waals surface area contributed by atoms with Gasteiger partial charge in [0.1, 0.15) is 5.75 Å². The molecule has 1 saturated carbocycles. The number of benzene rings is 2. The van der Waals surface area contributed by atoms with Crippen molar-refractivity contribution in [2.24, 2.45) is 5.92 Å². The summed E-state index contributed by atoms with van der Waals surface area (Å²) in [4.78, 5) is 0. The van der Waals surface area contributed by atoms with Crippen LogP contribution in [0.5, 0.6) is 5.75 Å². The summed E-state index contributed by atoms with van der Waals surface area (Å²) in [6, 6.07) is 13.2. The average molecular weight is 403 g/mol. The summed E-state index contributed by atoms with van der Waals surface area (Å²) in [5, 5.41) is 5.22.